The maximum Gasteiger partial charge on any atom is 0.243 e. The molecule has 0 aromatic heterocycles. The first-order chi connectivity index (χ1) is 11.0. The second kappa shape index (κ2) is 11.7. The Morgan fingerprint density at radius 1 is 1.28 bits per heavy atom. The van der Waals surface area contributed by atoms with E-state index in [1.807, 2.05) is 44.3 Å². The monoisotopic (exact) mass is 391 g/mol. The highest BCUT2D eigenvalue weighted by Crippen LogP contribution is 2.20. The standard InChI is InChI=1S/C18H29N3O2.2ClH/c1-14(22)12-21-10-8-15(9-11-21)13-20(2)18(23)17(19)16-6-4-3-5-7-16;;/h3-7,14-15,17,22H,8-13,19H2,1-2H3;2*1H. The number of benzene rings is 1. The summed E-state index contributed by atoms with van der Waals surface area (Å²) < 4.78 is 0. The summed E-state index contributed by atoms with van der Waals surface area (Å²) in [6.45, 7) is 5.29. The number of carbonyl (C=O) groups is 1. The topological polar surface area (TPSA) is 69.8 Å². The quantitative estimate of drug-likeness (QED) is 0.778. The van der Waals surface area contributed by atoms with Gasteiger partial charge in [0.2, 0.25) is 5.91 Å². The van der Waals surface area contributed by atoms with Crippen molar-refractivity contribution in [2.75, 3.05) is 33.2 Å². The third-order valence-corrected chi connectivity index (χ3v) is 4.56. The molecule has 0 bridgehead atoms. The lowest BCUT2D eigenvalue weighted by molar-refractivity contribution is -0.132. The molecule has 2 unspecified atom stereocenters. The Morgan fingerprint density at radius 3 is 2.36 bits per heavy atom. The molecule has 3 N–H and O–H groups in total. The van der Waals surface area contributed by atoms with E-state index in [0.29, 0.717) is 5.92 Å². The number of aliphatic hydroxyl groups excluding tert-OH is 1. The van der Waals surface area contributed by atoms with Crippen molar-refractivity contribution in [1.82, 2.24) is 9.80 Å². The summed E-state index contributed by atoms with van der Waals surface area (Å²) >= 11 is 0. The van der Waals surface area contributed by atoms with Gasteiger partial charge in [-0.15, -0.1) is 24.8 Å². The first kappa shape index (κ1) is 24.1. The number of amides is 1. The summed E-state index contributed by atoms with van der Waals surface area (Å²) in [6.07, 6.45) is 1.84. The predicted octanol–water partition coefficient (Wildman–Crippen LogP) is 2.08. The number of rotatable bonds is 6. The molecule has 0 radical (unpaired) electrons. The maximum absolute atomic E-state index is 12.5. The zero-order chi connectivity index (χ0) is 16.8. The molecule has 0 saturated carbocycles. The molecule has 2 rings (SSSR count). The van der Waals surface area contributed by atoms with Gasteiger partial charge in [-0.3, -0.25) is 4.79 Å². The van der Waals surface area contributed by atoms with Crippen molar-refractivity contribution in [1.29, 1.82) is 0 Å². The maximum atomic E-state index is 12.5. The van der Waals surface area contributed by atoms with E-state index in [2.05, 4.69) is 4.90 Å². The molecule has 7 heteroatoms. The van der Waals surface area contributed by atoms with Crippen molar-refractivity contribution in [3.05, 3.63) is 35.9 Å². The van der Waals surface area contributed by atoms with Crippen molar-refractivity contribution < 1.29 is 9.90 Å². The molecule has 1 heterocycles. The summed E-state index contributed by atoms with van der Waals surface area (Å²) in [6, 6.07) is 8.93. The summed E-state index contributed by atoms with van der Waals surface area (Å²) in [7, 11) is 1.84. The second-order valence-electron chi connectivity index (χ2n) is 6.70. The van der Waals surface area contributed by atoms with E-state index in [9.17, 15) is 9.90 Å². The number of hydrogen-bond acceptors (Lipinski definition) is 4. The highest BCUT2D eigenvalue weighted by atomic mass is 35.5. The first-order valence-electron chi connectivity index (χ1n) is 8.43. The molecule has 1 aromatic carbocycles. The van der Waals surface area contributed by atoms with Crippen LogP contribution in [0.25, 0.3) is 0 Å². The Bertz CT molecular complexity index is 494. The fourth-order valence-corrected chi connectivity index (χ4v) is 3.24. The van der Waals surface area contributed by atoms with Gasteiger partial charge in [-0.05, 0) is 44.3 Å². The number of hydrogen-bond donors (Lipinski definition) is 2. The fourth-order valence-electron chi connectivity index (χ4n) is 3.24. The molecule has 1 amide bonds. The third-order valence-electron chi connectivity index (χ3n) is 4.56. The lowest BCUT2D eigenvalue weighted by Gasteiger charge is -2.34. The van der Waals surface area contributed by atoms with E-state index < -0.39 is 6.04 Å². The summed E-state index contributed by atoms with van der Waals surface area (Å²) in [4.78, 5) is 16.5. The molecular weight excluding hydrogens is 361 g/mol. The van der Waals surface area contributed by atoms with Crippen LogP contribution in [-0.2, 0) is 4.79 Å². The smallest absolute Gasteiger partial charge is 0.243 e. The van der Waals surface area contributed by atoms with Crippen LogP contribution in [0.4, 0.5) is 0 Å². The molecule has 1 aliphatic heterocycles. The van der Waals surface area contributed by atoms with Gasteiger partial charge in [0.05, 0.1) is 6.10 Å². The molecular formula is C18H31Cl2N3O2. The van der Waals surface area contributed by atoms with Gasteiger partial charge in [0.15, 0.2) is 0 Å². The Labute approximate surface area is 163 Å². The van der Waals surface area contributed by atoms with E-state index in [4.69, 9.17) is 5.73 Å². The van der Waals surface area contributed by atoms with E-state index in [1.165, 1.54) is 0 Å². The summed E-state index contributed by atoms with van der Waals surface area (Å²) in [5, 5.41) is 9.45. The van der Waals surface area contributed by atoms with Crippen LogP contribution in [-0.4, -0.2) is 60.1 Å². The number of piperidine rings is 1. The van der Waals surface area contributed by atoms with Crippen molar-refractivity contribution in [2.45, 2.75) is 31.9 Å². The Kier molecular flexibility index (Phi) is 11.3. The van der Waals surface area contributed by atoms with Gasteiger partial charge in [0, 0.05) is 20.1 Å². The molecule has 144 valence electrons. The van der Waals surface area contributed by atoms with Crippen LogP contribution in [0.2, 0.25) is 0 Å². The number of nitrogens with two attached hydrogens (primary N) is 1. The highest BCUT2D eigenvalue weighted by molar-refractivity contribution is 5.85. The van der Waals surface area contributed by atoms with Gasteiger partial charge in [0.25, 0.3) is 0 Å². The van der Waals surface area contributed by atoms with Crippen LogP contribution in [0.1, 0.15) is 31.4 Å². The normalized spacial score (nSPS) is 17.8. The number of likely N-dealkylation sites (tertiary alicyclic amines) is 1. The number of aliphatic hydroxyl groups is 1. The average molecular weight is 392 g/mol. The van der Waals surface area contributed by atoms with E-state index in [-0.39, 0.29) is 36.8 Å². The molecule has 1 fully saturated rings. The van der Waals surface area contributed by atoms with Crippen LogP contribution in [0.3, 0.4) is 0 Å². The number of β-amino-alcohol motifs (C(OH)–C–C–N with tert-alkyl or cyclic N) is 1. The van der Waals surface area contributed by atoms with E-state index in [1.54, 1.807) is 4.90 Å². The first-order valence-corrected chi connectivity index (χ1v) is 8.43. The molecule has 5 nitrogen and oxygen atoms in total. The van der Waals surface area contributed by atoms with Crippen LogP contribution < -0.4 is 5.73 Å². The van der Waals surface area contributed by atoms with Gasteiger partial charge in [-0.2, -0.15) is 0 Å². The lowest BCUT2D eigenvalue weighted by Crippen LogP contribution is -2.43. The fraction of sp³-hybridized carbons (Fsp3) is 0.611. The summed E-state index contributed by atoms with van der Waals surface area (Å²) in [5.74, 6) is 0.486. The van der Waals surface area contributed by atoms with Gasteiger partial charge in [-0.25, -0.2) is 0 Å². The molecule has 0 aliphatic carbocycles. The highest BCUT2D eigenvalue weighted by Gasteiger charge is 2.25. The van der Waals surface area contributed by atoms with E-state index >= 15 is 0 Å². The molecule has 1 aromatic rings. The zero-order valence-corrected chi connectivity index (χ0v) is 16.6. The number of nitrogens with zero attached hydrogens (tertiary/aromatic N) is 2. The SMILES string of the molecule is CC(O)CN1CCC(CN(C)C(=O)C(N)c2ccccc2)CC1.Cl.Cl. The minimum atomic E-state index is -0.587. The van der Waals surface area contributed by atoms with Crippen molar-refractivity contribution in [3.8, 4) is 0 Å². The van der Waals surface area contributed by atoms with Gasteiger partial charge < -0.3 is 20.6 Å². The number of carbonyl (C=O) groups excluding carboxylic acids is 1. The Balaban J connectivity index is 0.00000288. The van der Waals surface area contributed by atoms with Crippen LogP contribution in [0.5, 0.6) is 0 Å². The molecule has 25 heavy (non-hydrogen) atoms. The number of likely N-dealkylation sites (N-methyl/N-ethyl adjacent to an activating group) is 1. The van der Waals surface area contributed by atoms with Crippen molar-refractivity contribution >= 4 is 30.7 Å². The van der Waals surface area contributed by atoms with Gasteiger partial charge in [-0.1, -0.05) is 30.3 Å². The average Bonchev–Trinajstić information content (AvgIpc) is 2.55. The lowest BCUT2D eigenvalue weighted by atomic mass is 9.95. The van der Waals surface area contributed by atoms with Crippen molar-refractivity contribution in [3.63, 3.8) is 0 Å². The van der Waals surface area contributed by atoms with Crippen LogP contribution >= 0.6 is 24.8 Å². The Hall–Kier alpha value is -0.850. The zero-order valence-electron chi connectivity index (χ0n) is 15.0. The van der Waals surface area contributed by atoms with Crippen LogP contribution in [0, 0.1) is 5.92 Å². The third kappa shape index (κ3) is 7.50. The molecule has 1 aliphatic rings. The molecule has 0 spiro atoms. The largest absolute Gasteiger partial charge is 0.392 e. The van der Waals surface area contributed by atoms with Crippen molar-refractivity contribution in [2.24, 2.45) is 11.7 Å². The van der Waals surface area contributed by atoms with Gasteiger partial charge >= 0.3 is 0 Å². The Morgan fingerprint density at radius 2 is 1.84 bits per heavy atom. The van der Waals surface area contributed by atoms with E-state index in [0.717, 1.165) is 44.6 Å². The summed E-state index contributed by atoms with van der Waals surface area (Å²) in [5.41, 5.74) is 6.95. The number of halogens is 2. The molecule has 2 atom stereocenters. The molecule has 1 saturated heterocycles. The minimum Gasteiger partial charge on any atom is -0.392 e. The minimum absolute atomic E-state index is 0. The van der Waals surface area contributed by atoms with Crippen LogP contribution in [0.15, 0.2) is 30.3 Å². The second-order valence-corrected chi connectivity index (χ2v) is 6.70. The predicted molar refractivity (Wildman–Crippen MR) is 106 cm³/mol. The van der Waals surface area contributed by atoms with Gasteiger partial charge in [0.1, 0.15) is 6.04 Å².